The van der Waals surface area contributed by atoms with E-state index in [1.54, 1.807) is 0 Å². The highest BCUT2D eigenvalue weighted by molar-refractivity contribution is 5.32. The Balaban J connectivity index is 2.08. The summed E-state index contributed by atoms with van der Waals surface area (Å²) in [4.78, 5) is 0. The lowest BCUT2D eigenvalue weighted by Crippen LogP contribution is -2.30. The van der Waals surface area contributed by atoms with Crippen LogP contribution in [0.4, 0.5) is 8.78 Å². The normalized spacial score (nSPS) is 23.5. The molecule has 2 rings (SSSR count). The number of hydrazine groups is 1. The minimum atomic E-state index is -2.48. The molecule has 0 heterocycles. The number of halogens is 2. The van der Waals surface area contributed by atoms with Gasteiger partial charge in [0.2, 0.25) is 5.92 Å². The molecule has 1 aliphatic rings. The van der Waals surface area contributed by atoms with Gasteiger partial charge in [0, 0.05) is 18.9 Å². The lowest BCUT2D eigenvalue weighted by Gasteiger charge is -2.22. The average molecular weight is 268 g/mol. The van der Waals surface area contributed by atoms with Crippen LogP contribution in [-0.2, 0) is 0 Å². The summed E-state index contributed by atoms with van der Waals surface area (Å²) in [7, 11) is 0. The molecular formula is C15H22F2N2. The van der Waals surface area contributed by atoms with Gasteiger partial charge in [0.25, 0.3) is 0 Å². The molecule has 4 heteroatoms. The van der Waals surface area contributed by atoms with E-state index in [1.807, 2.05) is 26.0 Å². The molecule has 0 saturated heterocycles. The van der Waals surface area contributed by atoms with Crippen molar-refractivity contribution in [2.24, 2.45) is 11.8 Å². The topological polar surface area (TPSA) is 38.0 Å². The summed E-state index contributed by atoms with van der Waals surface area (Å²) in [6, 6.07) is 6.14. The zero-order chi connectivity index (χ0) is 14.0. The average Bonchev–Trinajstić information content (AvgIpc) is 2.66. The number of hydrogen-bond donors (Lipinski definition) is 2. The monoisotopic (exact) mass is 268 g/mol. The number of nitrogens with one attached hydrogen (secondary N) is 1. The maximum Gasteiger partial charge on any atom is 0.248 e. The van der Waals surface area contributed by atoms with Gasteiger partial charge in [-0.2, -0.15) is 0 Å². The first-order valence-corrected chi connectivity index (χ1v) is 6.82. The Labute approximate surface area is 113 Å². The highest BCUT2D eigenvalue weighted by Gasteiger charge is 2.40. The summed E-state index contributed by atoms with van der Waals surface area (Å²) in [5.41, 5.74) is 6.26. The first kappa shape index (κ1) is 14.4. The van der Waals surface area contributed by atoms with E-state index < -0.39 is 5.92 Å². The smallest absolute Gasteiger partial charge is 0.248 e. The number of nitrogens with two attached hydrogens (primary N) is 1. The van der Waals surface area contributed by atoms with Crippen molar-refractivity contribution in [2.75, 3.05) is 0 Å². The van der Waals surface area contributed by atoms with Gasteiger partial charge in [-0.15, -0.1) is 0 Å². The summed E-state index contributed by atoms with van der Waals surface area (Å²) in [5, 5.41) is 0. The quantitative estimate of drug-likeness (QED) is 0.646. The Bertz CT molecular complexity index is 446. The van der Waals surface area contributed by atoms with Crippen LogP contribution >= 0.6 is 0 Å². The molecule has 106 valence electrons. The Morgan fingerprint density at radius 1 is 1.42 bits per heavy atom. The third kappa shape index (κ3) is 3.51. The van der Waals surface area contributed by atoms with Crippen molar-refractivity contribution >= 4 is 0 Å². The maximum absolute atomic E-state index is 13.2. The number of benzene rings is 1. The molecule has 1 saturated carbocycles. The van der Waals surface area contributed by atoms with Crippen LogP contribution in [0, 0.1) is 19.8 Å². The van der Waals surface area contributed by atoms with Crippen LogP contribution in [0.3, 0.4) is 0 Å². The molecule has 0 spiro atoms. The SMILES string of the molecule is Cc1ccc(C(CC2CCC(F)(F)C2)NN)c(C)c1. The van der Waals surface area contributed by atoms with E-state index in [0.717, 1.165) is 11.1 Å². The fourth-order valence-corrected chi connectivity index (χ4v) is 3.08. The molecule has 2 nitrogen and oxygen atoms in total. The van der Waals surface area contributed by atoms with E-state index in [9.17, 15) is 8.78 Å². The Hall–Kier alpha value is -1.00. The van der Waals surface area contributed by atoms with Crippen LogP contribution in [0.15, 0.2) is 18.2 Å². The van der Waals surface area contributed by atoms with Crippen LogP contribution in [0.25, 0.3) is 0 Å². The van der Waals surface area contributed by atoms with Crippen molar-refractivity contribution in [1.82, 2.24) is 5.43 Å². The second-order valence-electron chi connectivity index (χ2n) is 5.78. The van der Waals surface area contributed by atoms with Gasteiger partial charge in [0.1, 0.15) is 0 Å². The molecule has 1 aromatic carbocycles. The van der Waals surface area contributed by atoms with E-state index >= 15 is 0 Å². The van der Waals surface area contributed by atoms with Gasteiger partial charge < -0.3 is 0 Å². The van der Waals surface area contributed by atoms with Gasteiger partial charge in [0.05, 0.1) is 0 Å². The molecule has 0 aliphatic heterocycles. The van der Waals surface area contributed by atoms with Crippen LogP contribution in [-0.4, -0.2) is 5.92 Å². The summed E-state index contributed by atoms with van der Waals surface area (Å²) in [6.07, 6.45) is 1.28. The third-order valence-electron chi connectivity index (χ3n) is 4.08. The number of aryl methyl sites for hydroxylation is 2. The first-order chi connectivity index (χ1) is 8.91. The Morgan fingerprint density at radius 2 is 2.16 bits per heavy atom. The molecule has 1 fully saturated rings. The molecule has 1 aromatic rings. The zero-order valence-corrected chi connectivity index (χ0v) is 11.5. The van der Waals surface area contributed by atoms with Crippen molar-refractivity contribution in [1.29, 1.82) is 0 Å². The predicted octanol–water partition coefficient (Wildman–Crippen LogP) is 3.63. The second kappa shape index (κ2) is 5.55. The van der Waals surface area contributed by atoms with Crippen molar-refractivity contribution in [3.63, 3.8) is 0 Å². The van der Waals surface area contributed by atoms with E-state index in [1.165, 1.54) is 5.56 Å². The number of alkyl halides is 2. The minimum Gasteiger partial charge on any atom is -0.271 e. The van der Waals surface area contributed by atoms with Gasteiger partial charge in [-0.05, 0) is 43.7 Å². The summed E-state index contributed by atoms with van der Waals surface area (Å²) in [6.45, 7) is 4.08. The summed E-state index contributed by atoms with van der Waals surface area (Å²) >= 11 is 0. The van der Waals surface area contributed by atoms with Crippen molar-refractivity contribution in [2.45, 2.75) is 51.5 Å². The minimum absolute atomic E-state index is 0.00388. The standard InChI is InChI=1S/C15H22F2N2/c1-10-3-4-13(11(2)7-10)14(19-18)8-12-5-6-15(16,17)9-12/h3-4,7,12,14,19H,5-6,8-9,18H2,1-2H3. The predicted molar refractivity (Wildman–Crippen MR) is 72.9 cm³/mol. The van der Waals surface area contributed by atoms with Gasteiger partial charge in [-0.1, -0.05) is 23.8 Å². The molecular weight excluding hydrogens is 246 g/mol. The number of hydrogen-bond acceptors (Lipinski definition) is 2. The Kier molecular flexibility index (Phi) is 4.21. The van der Waals surface area contributed by atoms with Crippen molar-refractivity contribution in [3.05, 3.63) is 34.9 Å². The fraction of sp³-hybridized carbons (Fsp3) is 0.600. The van der Waals surface area contributed by atoms with E-state index in [2.05, 4.69) is 11.5 Å². The fourth-order valence-electron chi connectivity index (χ4n) is 3.08. The van der Waals surface area contributed by atoms with Crippen LogP contribution in [0.5, 0.6) is 0 Å². The lowest BCUT2D eigenvalue weighted by molar-refractivity contribution is 0.00430. The molecule has 2 atom stereocenters. The highest BCUT2D eigenvalue weighted by atomic mass is 19.3. The zero-order valence-electron chi connectivity index (χ0n) is 11.5. The van der Waals surface area contributed by atoms with Crippen molar-refractivity contribution in [3.8, 4) is 0 Å². The molecule has 0 bridgehead atoms. The van der Waals surface area contributed by atoms with Gasteiger partial charge in [-0.3, -0.25) is 11.3 Å². The number of rotatable bonds is 4. The van der Waals surface area contributed by atoms with E-state index in [-0.39, 0.29) is 24.8 Å². The largest absolute Gasteiger partial charge is 0.271 e. The summed E-state index contributed by atoms with van der Waals surface area (Å²) in [5.74, 6) is 3.19. The highest BCUT2D eigenvalue weighted by Crippen LogP contribution is 2.42. The molecule has 0 amide bonds. The van der Waals surface area contributed by atoms with Gasteiger partial charge in [0.15, 0.2) is 0 Å². The van der Waals surface area contributed by atoms with Gasteiger partial charge >= 0.3 is 0 Å². The molecule has 19 heavy (non-hydrogen) atoms. The molecule has 3 N–H and O–H groups in total. The molecule has 0 radical (unpaired) electrons. The first-order valence-electron chi connectivity index (χ1n) is 6.82. The molecule has 2 unspecified atom stereocenters. The van der Waals surface area contributed by atoms with Crippen LogP contribution < -0.4 is 11.3 Å². The summed E-state index contributed by atoms with van der Waals surface area (Å²) < 4.78 is 26.5. The van der Waals surface area contributed by atoms with E-state index in [0.29, 0.717) is 12.8 Å². The second-order valence-corrected chi connectivity index (χ2v) is 5.78. The maximum atomic E-state index is 13.2. The third-order valence-corrected chi connectivity index (χ3v) is 4.08. The van der Waals surface area contributed by atoms with Crippen LogP contribution in [0.1, 0.15) is 48.4 Å². The lowest BCUT2D eigenvalue weighted by atomic mass is 9.91. The van der Waals surface area contributed by atoms with Crippen molar-refractivity contribution < 1.29 is 8.78 Å². The Morgan fingerprint density at radius 3 is 2.68 bits per heavy atom. The van der Waals surface area contributed by atoms with Crippen LogP contribution in [0.2, 0.25) is 0 Å². The van der Waals surface area contributed by atoms with Gasteiger partial charge in [-0.25, -0.2) is 8.78 Å². The van der Waals surface area contributed by atoms with E-state index in [4.69, 9.17) is 5.84 Å². The molecule has 1 aliphatic carbocycles. The molecule has 0 aromatic heterocycles.